The van der Waals surface area contributed by atoms with E-state index in [0.29, 0.717) is 12.5 Å². The van der Waals surface area contributed by atoms with E-state index in [4.69, 9.17) is 10.00 Å². The van der Waals surface area contributed by atoms with Crippen LogP contribution in [0.4, 0.5) is 0 Å². The van der Waals surface area contributed by atoms with Crippen LogP contribution in [0.25, 0.3) is 0 Å². The van der Waals surface area contributed by atoms with Crippen LogP contribution in [0.5, 0.6) is 0 Å². The second-order valence-electron chi connectivity index (χ2n) is 3.32. The molecule has 1 N–H and O–H groups in total. The third-order valence-corrected chi connectivity index (χ3v) is 2.34. The molecule has 0 spiro atoms. The molecule has 1 fully saturated rings. The number of nitrogens with zero attached hydrogens (tertiary/aromatic N) is 1. The third-order valence-electron chi connectivity index (χ3n) is 2.34. The molecule has 0 aliphatic heterocycles. The van der Waals surface area contributed by atoms with Gasteiger partial charge in [0, 0.05) is 7.11 Å². The lowest BCUT2D eigenvalue weighted by Gasteiger charge is -2.26. The summed E-state index contributed by atoms with van der Waals surface area (Å²) in [6, 6.07) is 2.34. The summed E-state index contributed by atoms with van der Waals surface area (Å²) < 4.78 is 5.07. The highest BCUT2D eigenvalue weighted by atomic mass is 16.5. The van der Waals surface area contributed by atoms with Crippen molar-refractivity contribution in [2.24, 2.45) is 5.92 Å². The Morgan fingerprint density at radius 1 is 1.67 bits per heavy atom. The maximum absolute atomic E-state index is 9.06. The van der Waals surface area contributed by atoms with Crippen LogP contribution >= 0.6 is 0 Å². The van der Waals surface area contributed by atoms with Crippen molar-refractivity contribution >= 4 is 0 Å². The van der Waals surface area contributed by atoms with Crippen molar-refractivity contribution < 1.29 is 4.74 Å². The molecule has 1 saturated carbocycles. The number of hydrogen-bond acceptors (Lipinski definition) is 3. The molecule has 1 rings (SSSR count). The molecule has 3 heteroatoms. The number of ether oxygens (including phenoxy) is 1. The fourth-order valence-electron chi connectivity index (χ4n) is 1.60. The molecule has 0 heterocycles. The Balaban J connectivity index is 2.59. The van der Waals surface area contributed by atoms with Gasteiger partial charge in [0.25, 0.3) is 0 Å². The van der Waals surface area contributed by atoms with Gasteiger partial charge in [0.15, 0.2) is 0 Å². The van der Waals surface area contributed by atoms with E-state index in [2.05, 4.69) is 11.4 Å². The van der Waals surface area contributed by atoms with Gasteiger partial charge in [-0.15, -0.1) is 0 Å². The second-order valence-corrected chi connectivity index (χ2v) is 3.32. The van der Waals surface area contributed by atoms with Gasteiger partial charge >= 0.3 is 0 Å². The van der Waals surface area contributed by atoms with Crippen LogP contribution in [0, 0.1) is 17.2 Å². The Labute approximate surface area is 73.7 Å². The Bertz CT molecular complexity index is 175. The molecule has 0 aromatic rings. The van der Waals surface area contributed by atoms with Crippen LogP contribution < -0.4 is 5.32 Å². The minimum absolute atomic E-state index is 0.413. The second kappa shape index (κ2) is 3.88. The molecule has 0 radical (unpaired) electrons. The van der Waals surface area contributed by atoms with E-state index in [0.717, 1.165) is 19.4 Å². The maximum atomic E-state index is 9.06. The minimum atomic E-state index is -0.413. The van der Waals surface area contributed by atoms with E-state index < -0.39 is 5.54 Å². The summed E-state index contributed by atoms with van der Waals surface area (Å²) in [5.41, 5.74) is -0.413. The molecule has 1 aliphatic carbocycles. The van der Waals surface area contributed by atoms with Crippen molar-refractivity contribution in [1.82, 2.24) is 5.32 Å². The van der Waals surface area contributed by atoms with Crippen molar-refractivity contribution in [3.63, 3.8) is 0 Å². The lowest BCUT2D eigenvalue weighted by molar-refractivity contribution is 0.127. The summed E-state index contributed by atoms with van der Waals surface area (Å²) in [4.78, 5) is 0. The first-order valence-electron chi connectivity index (χ1n) is 4.44. The number of rotatable bonds is 5. The van der Waals surface area contributed by atoms with E-state index in [1.807, 2.05) is 6.92 Å². The average Bonchev–Trinajstić information content (AvgIpc) is 2.86. The SMILES string of the molecule is CCNC(C#N)(COC)C1CC1. The Morgan fingerprint density at radius 2 is 2.33 bits per heavy atom. The summed E-state index contributed by atoms with van der Waals surface area (Å²) in [6.45, 7) is 3.35. The normalized spacial score (nSPS) is 21.4. The van der Waals surface area contributed by atoms with Gasteiger partial charge in [-0.1, -0.05) is 6.92 Å². The fourth-order valence-corrected chi connectivity index (χ4v) is 1.60. The first-order chi connectivity index (χ1) is 5.79. The predicted molar refractivity (Wildman–Crippen MR) is 46.6 cm³/mol. The Hall–Kier alpha value is -0.590. The van der Waals surface area contributed by atoms with Crippen LogP contribution in [-0.2, 0) is 4.74 Å². The molecule has 0 saturated heterocycles. The monoisotopic (exact) mass is 168 g/mol. The predicted octanol–water partition coefficient (Wildman–Crippen LogP) is 0.915. The summed E-state index contributed by atoms with van der Waals surface area (Å²) >= 11 is 0. The van der Waals surface area contributed by atoms with Crippen molar-refractivity contribution in [1.29, 1.82) is 5.26 Å². The van der Waals surface area contributed by atoms with E-state index in [-0.39, 0.29) is 0 Å². The summed E-state index contributed by atoms with van der Waals surface area (Å²) in [5.74, 6) is 0.502. The molecule has 0 aromatic carbocycles. The van der Waals surface area contributed by atoms with Gasteiger partial charge in [0.1, 0.15) is 5.54 Å². The van der Waals surface area contributed by atoms with Crippen LogP contribution in [0.3, 0.4) is 0 Å². The zero-order valence-corrected chi connectivity index (χ0v) is 7.76. The fraction of sp³-hybridized carbons (Fsp3) is 0.889. The Morgan fingerprint density at radius 3 is 2.67 bits per heavy atom. The van der Waals surface area contributed by atoms with Crippen LogP contribution in [-0.4, -0.2) is 25.8 Å². The number of likely N-dealkylation sites (N-methyl/N-ethyl adjacent to an activating group) is 1. The molecule has 1 atom stereocenters. The first-order valence-corrected chi connectivity index (χ1v) is 4.44. The highest BCUT2D eigenvalue weighted by Crippen LogP contribution is 2.39. The highest BCUT2D eigenvalue weighted by molar-refractivity contribution is 5.15. The molecule has 0 aromatic heterocycles. The van der Waals surface area contributed by atoms with E-state index >= 15 is 0 Å². The van der Waals surface area contributed by atoms with E-state index in [9.17, 15) is 0 Å². The number of nitrogens with one attached hydrogen (secondary N) is 1. The molecule has 1 unspecified atom stereocenters. The van der Waals surface area contributed by atoms with Crippen molar-refractivity contribution in [2.75, 3.05) is 20.3 Å². The van der Waals surface area contributed by atoms with Gasteiger partial charge in [-0.05, 0) is 25.3 Å². The zero-order valence-electron chi connectivity index (χ0n) is 7.76. The quantitative estimate of drug-likeness (QED) is 0.663. The van der Waals surface area contributed by atoms with Gasteiger partial charge in [-0.25, -0.2) is 0 Å². The molecule has 0 amide bonds. The van der Waals surface area contributed by atoms with E-state index in [1.165, 1.54) is 0 Å². The molecule has 1 aliphatic rings. The first kappa shape index (κ1) is 9.50. The Kier molecular flexibility index (Phi) is 3.07. The van der Waals surface area contributed by atoms with Crippen LogP contribution in [0.15, 0.2) is 0 Å². The molecular weight excluding hydrogens is 152 g/mol. The summed E-state index contributed by atoms with van der Waals surface area (Å²) in [7, 11) is 1.64. The standard InChI is InChI=1S/C9H16N2O/c1-3-11-9(6-10,7-12-2)8-4-5-8/h8,11H,3-5,7H2,1-2H3. The molecular formula is C9H16N2O. The summed E-state index contributed by atoms with van der Waals surface area (Å²) in [6.07, 6.45) is 2.31. The van der Waals surface area contributed by atoms with Crippen LogP contribution in [0.2, 0.25) is 0 Å². The number of methoxy groups -OCH3 is 1. The number of hydrogen-bond donors (Lipinski definition) is 1. The minimum Gasteiger partial charge on any atom is -0.382 e. The van der Waals surface area contributed by atoms with Gasteiger partial charge < -0.3 is 4.74 Å². The third kappa shape index (κ3) is 1.77. The smallest absolute Gasteiger partial charge is 0.133 e. The zero-order chi connectivity index (χ0) is 9.03. The average molecular weight is 168 g/mol. The van der Waals surface area contributed by atoms with Gasteiger partial charge in [0.2, 0.25) is 0 Å². The van der Waals surface area contributed by atoms with Crippen LogP contribution in [0.1, 0.15) is 19.8 Å². The van der Waals surface area contributed by atoms with Crippen molar-refractivity contribution in [2.45, 2.75) is 25.3 Å². The largest absolute Gasteiger partial charge is 0.382 e. The van der Waals surface area contributed by atoms with Gasteiger partial charge in [-0.3, -0.25) is 5.32 Å². The molecule has 12 heavy (non-hydrogen) atoms. The maximum Gasteiger partial charge on any atom is 0.133 e. The summed E-state index contributed by atoms with van der Waals surface area (Å²) in [5, 5.41) is 12.3. The topological polar surface area (TPSA) is 45.0 Å². The van der Waals surface area contributed by atoms with Crippen molar-refractivity contribution in [3.8, 4) is 6.07 Å². The van der Waals surface area contributed by atoms with E-state index in [1.54, 1.807) is 7.11 Å². The highest BCUT2D eigenvalue weighted by Gasteiger charge is 2.45. The number of nitriles is 1. The lowest BCUT2D eigenvalue weighted by Crippen LogP contribution is -2.49. The van der Waals surface area contributed by atoms with Crippen molar-refractivity contribution in [3.05, 3.63) is 0 Å². The van der Waals surface area contributed by atoms with Gasteiger partial charge in [0.05, 0.1) is 12.7 Å². The lowest BCUT2D eigenvalue weighted by atomic mass is 9.96. The molecule has 68 valence electrons. The molecule has 0 bridgehead atoms. The molecule has 3 nitrogen and oxygen atoms in total. The van der Waals surface area contributed by atoms with Gasteiger partial charge in [-0.2, -0.15) is 5.26 Å².